The summed E-state index contributed by atoms with van der Waals surface area (Å²) in [6.07, 6.45) is 15.1. The van der Waals surface area contributed by atoms with E-state index in [0.717, 1.165) is 29.1 Å². The van der Waals surface area contributed by atoms with Crippen molar-refractivity contribution in [2.24, 2.45) is 29.1 Å². The molecule has 0 nitrogen and oxygen atoms in total. The summed E-state index contributed by atoms with van der Waals surface area (Å²) >= 11 is 0. The van der Waals surface area contributed by atoms with Crippen molar-refractivity contribution in [3.05, 3.63) is 0 Å². The summed E-state index contributed by atoms with van der Waals surface area (Å²) < 4.78 is 0. The second-order valence-corrected chi connectivity index (χ2v) is 8.18. The van der Waals surface area contributed by atoms with Gasteiger partial charge in [-0.25, -0.2) is 0 Å². The Hall–Kier alpha value is 0. The van der Waals surface area contributed by atoms with E-state index in [9.17, 15) is 0 Å². The molecule has 3 rings (SSSR count). The predicted octanol–water partition coefficient (Wildman–Crippen LogP) is 6.45. The highest BCUT2D eigenvalue weighted by molar-refractivity contribution is 5.05. The predicted molar refractivity (Wildman–Crippen MR) is 85.3 cm³/mol. The van der Waals surface area contributed by atoms with Crippen LogP contribution in [0, 0.1) is 29.1 Å². The molecule has 2 unspecified atom stereocenters. The topological polar surface area (TPSA) is 0 Å². The van der Waals surface area contributed by atoms with Crippen LogP contribution in [0.3, 0.4) is 0 Å². The summed E-state index contributed by atoms with van der Waals surface area (Å²) in [6.45, 7) is 9.53. The van der Waals surface area contributed by atoms with Crippen molar-refractivity contribution in [2.45, 2.75) is 91.9 Å². The third-order valence-electron chi connectivity index (χ3n) is 6.47. The number of hydrogen-bond donors (Lipinski definition) is 0. The highest BCUT2D eigenvalue weighted by Gasteiger charge is 2.55. The molecule has 0 radical (unpaired) electrons. The minimum absolute atomic E-state index is 0.845. The van der Waals surface area contributed by atoms with Gasteiger partial charge in [0.2, 0.25) is 0 Å². The molecule has 0 spiro atoms. The fourth-order valence-corrected chi connectivity index (χ4v) is 4.74. The van der Waals surface area contributed by atoms with Gasteiger partial charge in [0.1, 0.15) is 0 Å². The van der Waals surface area contributed by atoms with E-state index in [-0.39, 0.29) is 0 Å². The molecule has 0 aliphatic heterocycles. The maximum absolute atomic E-state index is 2.41. The molecule has 0 aromatic heterocycles. The van der Waals surface area contributed by atoms with E-state index in [1.807, 2.05) is 0 Å². The molecule has 0 aromatic rings. The third kappa shape index (κ3) is 3.76. The summed E-state index contributed by atoms with van der Waals surface area (Å²) in [5.74, 6) is 4.09. The molecule has 0 saturated heterocycles. The van der Waals surface area contributed by atoms with Crippen LogP contribution in [0.5, 0.6) is 0 Å². The van der Waals surface area contributed by atoms with E-state index in [0.29, 0.717) is 0 Å². The smallest absolute Gasteiger partial charge is 0.0243 e. The molecule has 0 aromatic carbocycles. The Morgan fingerprint density at radius 3 is 1.84 bits per heavy atom. The molecule has 0 amide bonds. The quantitative estimate of drug-likeness (QED) is 0.538. The van der Waals surface area contributed by atoms with Crippen molar-refractivity contribution >= 4 is 0 Å². The molecule has 112 valence electrons. The Labute approximate surface area is 121 Å². The van der Waals surface area contributed by atoms with E-state index in [1.165, 1.54) is 57.8 Å². The molecule has 0 heterocycles. The van der Waals surface area contributed by atoms with Crippen LogP contribution in [0.2, 0.25) is 0 Å². The normalized spacial score (nSPS) is 34.7. The van der Waals surface area contributed by atoms with Gasteiger partial charge in [-0.3, -0.25) is 0 Å². The Kier molecular flexibility index (Phi) is 5.37. The van der Waals surface area contributed by atoms with Crippen molar-refractivity contribution in [3.63, 3.8) is 0 Å². The molecule has 3 saturated carbocycles. The Morgan fingerprint density at radius 1 is 0.789 bits per heavy atom. The van der Waals surface area contributed by atoms with Crippen molar-refractivity contribution in [1.29, 1.82) is 0 Å². The van der Waals surface area contributed by atoms with Crippen LogP contribution in [0.4, 0.5) is 0 Å². The minimum atomic E-state index is 0.845. The lowest BCUT2D eigenvalue weighted by molar-refractivity contribution is 0.252. The van der Waals surface area contributed by atoms with Crippen LogP contribution in [-0.4, -0.2) is 0 Å². The minimum Gasteiger partial charge on any atom is -0.0625 e. The van der Waals surface area contributed by atoms with Crippen molar-refractivity contribution in [2.75, 3.05) is 0 Å². The largest absolute Gasteiger partial charge is 0.0625 e. The lowest BCUT2D eigenvalue weighted by Gasteiger charge is -2.25. The van der Waals surface area contributed by atoms with Gasteiger partial charge in [-0.05, 0) is 48.3 Å². The van der Waals surface area contributed by atoms with Crippen LogP contribution in [0.1, 0.15) is 91.9 Å². The molecule has 19 heavy (non-hydrogen) atoms. The fourth-order valence-electron chi connectivity index (χ4n) is 4.74. The highest BCUT2D eigenvalue weighted by atomic mass is 14.6. The van der Waals surface area contributed by atoms with E-state index in [2.05, 4.69) is 27.7 Å². The fraction of sp³-hybridized carbons (Fsp3) is 1.00. The highest BCUT2D eigenvalue weighted by Crippen LogP contribution is 2.65. The van der Waals surface area contributed by atoms with Crippen molar-refractivity contribution < 1.29 is 0 Å². The Bertz CT molecular complexity index is 259. The van der Waals surface area contributed by atoms with Gasteiger partial charge in [-0.1, -0.05) is 72.6 Å². The zero-order valence-electron chi connectivity index (χ0n) is 13.9. The van der Waals surface area contributed by atoms with Gasteiger partial charge < -0.3 is 0 Å². The maximum Gasteiger partial charge on any atom is -0.0243 e. The first-order valence-electron chi connectivity index (χ1n) is 9.06. The first-order valence-corrected chi connectivity index (χ1v) is 9.06. The average molecular weight is 264 g/mol. The Balaban J connectivity index is 0.000000141. The van der Waals surface area contributed by atoms with Crippen molar-refractivity contribution in [3.8, 4) is 0 Å². The lowest BCUT2D eigenvalue weighted by Crippen LogP contribution is -2.15. The average Bonchev–Trinajstić information content (AvgIpc) is 3.16. The number of hydrogen-bond acceptors (Lipinski definition) is 0. The van der Waals surface area contributed by atoms with E-state index >= 15 is 0 Å². The molecule has 0 bridgehead atoms. The molecule has 0 heteroatoms. The molecule has 0 N–H and O–H groups in total. The summed E-state index contributed by atoms with van der Waals surface area (Å²) in [4.78, 5) is 0. The molecule has 2 atom stereocenters. The van der Waals surface area contributed by atoms with Gasteiger partial charge in [0.05, 0.1) is 0 Å². The molecular weight excluding hydrogens is 228 g/mol. The van der Waals surface area contributed by atoms with Gasteiger partial charge in [0.15, 0.2) is 0 Å². The lowest BCUT2D eigenvalue weighted by atomic mass is 9.80. The first-order chi connectivity index (χ1) is 9.06. The van der Waals surface area contributed by atoms with Gasteiger partial charge in [0.25, 0.3) is 0 Å². The summed E-state index contributed by atoms with van der Waals surface area (Å²) in [5, 5.41) is 0. The van der Waals surface area contributed by atoms with Gasteiger partial charge in [0, 0.05) is 0 Å². The standard InChI is InChI=1S/C10H18.C9H18/c1-8(2)10-6-4-3-5-9(10)7-10;1-8(2)9-6-4-3-5-7-9/h8-9H,3-7H2,1-2H3;8-9H,3-7H2,1-2H3. The molecule has 3 fully saturated rings. The van der Waals surface area contributed by atoms with Crippen LogP contribution >= 0.6 is 0 Å². The number of rotatable bonds is 2. The maximum atomic E-state index is 2.41. The van der Waals surface area contributed by atoms with E-state index in [1.54, 1.807) is 6.42 Å². The zero-order chi connectivity index (χ0) is 13.9. The number of fused-ring (bicyclic) bond motifs is 1. The van der Waals surface area contributed by atoms with E-state index in [4.69, 9.17) is 0 Å². The van der Waals surface area contributed by atoms with Crippen molar-refractivity contribution in [1.82, 2.24) is 0 Å². The second-order valence-electron chi connectivity index (χ2n) is 8.18. The van der Waals surface area contributed by atoms with E-state index < -0.39 is 0 Å². The van der Waals surface area contributed by atoms with Gasteiger partial charge >= 0.3 is 0 Å². The van der Waals surface area contributed by atoms with Crippen LogP contribution < -0.4 is 0 Å². The van der Waals surface area contributed by atoms with Gasteiger partial charge in [-0.15, -0.1) is 0 Å². The third-order valence-corrected chi connectivity index (χ3v) is 6.47. The zero-order valence-corrected chi connectivity index (χ0v) is 13.9. The monoisotopic (exact) mass is 264 g/mol. The van der Waals surface area contributed by atoms with Crippen LogP contribution in [0.15, 0.2) is 0 Å². The molecular formula is C19H36. The second kappa shape index (κ2) is 6.64. The Morgan fingerprint density at radius 2 is 1.42 bits per heavy atom. The summed E-state index contributed by atoms with van der Waals surface area (Å²) in [7, 11) is 0. The SMILES string of the molecule is CC(C)C12CCCCC1C2.CC(C)C1CCCCC1. The molecule has 3 aliphatic carbocycles. The van der Waals surface area contributed by atoms with Crippen LogP contribution in [-0.2, 0) is 0 Å². The first kappa shape index (κ1) is 15.4. The van der Waals surface area contributed by atoms with Crippen LogP contribution in [0.25, 0.3) is 0 Å². The summed E-state index contributed by atoms with van der Waals surface area (Å²) in [6, 6.07) is 0. The summed E-state index contributed by atoms with van der Waals surface area (Å²) in [5.41, 5.74) is 0.845. The molecule has 3 aliphatic rings. The van der Waals surface area contributed by atoms with Gasteiger partial charge in [-0.2, -0.15) is 0 Å².